The van der Waals surface area contributed by atoms with E-state index in [4.69, 9.17) is 18.9 Å². The van der Waals surface area contributed by atoms with E-state index in [0.29, 0.717) is 12.2 Å². The lowest BCUT2D eigenvalue weighted by atomic mass is 10.0. The van der Waals surface area contributed by atoms with E-state index in [1.807, 2.05) is 0 Å². The molecule has 27 heavy (non-hydrogen) atoms. The lowest BCUT2D eigenvalue weighted by Crippen LogP contribution is -2.03. The van der Waals surface area contributed by atoms with Crippen molar-refractivity contribution in [1.82, 2.24) is 0 Å². The standard InChI is InChI=1S/C22H28O4.CH4/c1(9-23-13-21-15-25-21)3-17-5-7-19-8-6-18(12-20(19)11-17)4-2-10-24-14-22-16-26-22;/h5-8,11-12,21-22H,1-4,9-10,13-16H2;1H4. The Kier molecular flexibility index (Phi) is 7.65. The van der Waals surface area contributed by atoms with E-state index < -0.39 is 0 Å². The number of rotatable bonds is 12. The highest BCUT2D eigenvalue weighted by atomic mass is 16.6. The fourth-order valence-electron chi connectivity index (χ4n) is 3.17. The van der Waals surface area contributed by atoms with Gasteiger partial charge < -0.3 is 18.9 Å². The van der Waals surface area contributed by atoms with Gasteiger partial charge in [0.1, 0.15) is 12.2 Å². The predicted molar refractivity (Wildman–Crippen MR) is 108 cm³/mol. The Hall–Kier alpha value is -1.46. The second-order valence-electron chi connectivity index (χ2n) is 7.28. The van der Waals surface area contributed by atoms with E-state index in [-0.39, 0.29) is 7.43 Å². The average molecular weight is 373 g/mol. The van der Waals surface area contributed by atoms with Gasteiger partial charge in [-0.05, 0) is 47.6 Å². The van der Waals surface area contributed by atoms with Crippen LogP contribution in [0.1, 0.15) is 31.4 Å². The minimum absolute atomic E-state index is 0. The minimum Gasteiger partial charge on any atom is -0.379 e. The van der Waals surface area contributed by atoms with Gasteiger partial charge >= 0.3 is 0 Å². The van der Waals surface area contributed by atoms with Crippen molar-refractivity contribution in [3.05, 3.63) is 47.5 Å². The zero-order chi connectivity index (χ0) is 17.6. The molecule has 4 nitrogen and oxygen atoms in total. The van der Waals surface area contributed by atoms with Gasteiger partial charge in [0.2, 0.25) is 0 Å². The van der Waals surface area contributed by atoms with Crippen LogP contribution in [0.15, 0.2) is 36.4 Å². The molecule has 2 aliphatic rings. The molecule has 4 heteroatoms. The van der Waals surface area contributed by atoms with Gasteiger partial charge in [-0.15, -0.1) is 0 Å². The Balaban J connectivity index is 0.00000210. The maximum Gasteiger partial charge on any atom is 0.104 e. The second-order valence-corrected chi connectivity index (χ2v) is 7.28. The van der Waals surface area contributed by atoms with Gasteiger partial charge in [0.05, 0.1) is 26.4 Å². The molecule has 0 saturated carbocycles. The molecule has 0 aliphatic carbocycles. The van der Waals surface area contributed by atoms with E-state index in [1.54, 1.807) is 0 Å². The van der Waals surface area contributed by atoms with E-state index in [1.165, 1.54) is 21.9 Å². The summed E-state index contributed by atoms with van der Waals surface area (Å²) in [5.74, 6) is 0. The highest BCUT2D eigenvalue weighted by Crippen LogP contribution is 2.20. The quantitative estimate of drug-likeness (QED) is 0.414. The lowest BCUT2D eigenvalue weighted by Gasteiger charge is -2.07. The molecule has 0 radical (unpaired) electrons. The molecular formula is C23H32O4. The smallest absolute Gasteiger partial charge is 0.104 e. The van der Waals surface area contributed by atoms with Gasteiger partial charge in [-0.2, -0.15) is 0 Å². The van der Waals surface area contributed by atoms with Crippen molar-refractivity contribution < 1.29 is 18.9 Å². The van der Waals surface area contributed by atoms with Crippen molar-refractivity contribution in [2.24, 2.45) is 0 Å². The summed E-state index contributed by atoms with van der Waals surface area (Å²) in [6.45, 7) is 4.85. The summed E-state index contributed by atoms with van der Waals surface area (Å²) in [5.41, 5.74) is 2.77. The molecule has 0 spiro atoms. The second kappa shape index (κ2) is 10.2. The Labute approximate surface area is 162 Å². The van der Waals surface area contributed by atoms with Crippen LogP contribution in [0.4, 0.5) is 0 Å². The highest BCUT2D eigenvalue weighted by molar-refractivity contribution is 5.83. The van der Waals surface area contributed by atoms with Crippen LogP contribution in [-0.2, 0) is 31.8 Å². The summed E-state index contributed by atoms with van der Waals surface area (Å²) in [6.07, 6.45) is 4.95. The zero-order valence-corrected chi connectivity index (χ0v) is 15.3. The van der Waals surface area contributed by atoms with Crippen molar-refractivity contribution >= 4 is 10.8 Å². The first kappa shape index (κ1) is 20.3. The van der Waals surface area contributed by atoms with Gasteiger partial charge in [-0.25, -0.2) is 0 Å². The highest BCUT2D eigenvalue weighted by Gasteiger charge is 2.22. The Morgan fingerprint density at radius 1 is 0.741 bits per heavy atom. The first-order valence-corrected chi connectivity index (χ1v) is 9.77. The molecule has 148 valence electrons. The summed E-state index contributed by atoms with van der Waals surface area (Å²) in [7, 11) is 0. The summed E-state index contributed by atoms with van der Waals surface area (Å²) >= 11 is 0. The predicted octanol–water partition coefficient (Wildman–Crippen LogP) is 4.17. The fraction of sp³-hybridized carbons (Fsp3) is 0.565. The molecule has 2 aromatic rings. The molecule has 0 amide bonds. The third-order valence-corrected chi connectivity index (χ3v) is 4.89. The number of aryl methyl sites for hydroxylation is 2. The van der Waals surface area contributed by atoms with Crippen molar-refractivity contribution in [2.45, 2.75) is 45.3 Å². The Bertz CT molecular complexity index is 650. The largest absolute Gasteiger partial charge is 0.379 e. The van der Waals surface area contributed by atoms with Gasteiger partial charge in [0, 0.05) is 13.2 Å². The summed E-state index contributed by atoms with van der Waals surface area (Å²) in [4.78, 5) is 0. The van der Waals surface area contributed by atoms with Crippen molar-refractivity contribution in [2.75, 3.05) is 39.6 Å². The number of hydrogen-bond donors (Lipinski definition) is 0. The van der Waals surface area contributed by atoms with Crippen LogP contribution in [0.2, 0.25) is 0 Å². The van der Waals surface area contributed by atoms with E-state index in [2.05, 4.69) is 36.4 Å². The van der Waals surface area contributed by atoms with E-state index in [0.717, 1.165) is 65.3 Å². The number of benzene rings is 2. The van der Waals surface area contributed by atoms with Crippen LogP contribution in [0.3, 0.4) is 0 Å². The first-order valence-electron chi connectivity index (χ1n) is 9.77. The van der Waals surface area contributed by atoms with Gasteiger partial charge in [-0.3, -0.25) is 0 Å². The lowest BCUT2D eigenvalue weighted by molar-refractivity contribution is 0.114. The summed E-state index contributed by atoms with van der Waals surface area (Å²) < 4.78 is 21.5. The van der Waals surface area contributed by atoms with Crippen LogP contribution in [0, 0.1) is 0 Å². The fourth-order valence-corrected chi connectivity index (χ4v) is 3.17. The number of hydrogen-bond acceptors (Lipinski definition) is 4. The van der Waals surface area contributed by atoms with Crippen LogP contribution in [0.25, 0.3) is 10.8 Å². The molecule has 2 atom stereocenters. The minimum atomic E-state index is 0. The molecule has 4 rings (SSSR count). The SMILES string of the molecule is C.c1cc2ccc(CCCOCC3CO3)cc2cc1CCCOCC1CO1. The van der Waals surface area contributed by atoms with E-state index in [9.17, 15) is 0 Å². The van der Waals surface area contributed by atoms with Crippen LogP contribution in [-0.4, -0.2) is 51.8 Å². The van der Waals surface area contributed by atoms with Gasteiger partial charge in [0.25, 0.3) is 0 Å². The molecule has 2 saturated heterocycles. The van der Waals surface area contributed by atoms with Crippen LogP contribution >= 0.6 is 0 Å². The first-order chi connectivity index (χ1) is 12.9. The molecule has 0 bridgehead atoms. The topological polar surface area (TPSA) is 43.5 Å². The van der Waals surface area contributed by atoms with Gasteiger partial charge in [-0.1, -0.05) is 43.8 Å². The van der Waals surface area contributed by atoms with Crippen LogP contribution < -0.4 is 0 Å². The zero-order valence-electron chi connectivity index (χ0n) is 15.3. The normalized spacial score (nSPS) is 20.4. The molecule has 0 aromatic heterocycles. The summed E-state index contributed by atoms with van der Waals surface area (Å²) in [6, 6.07) is 13.6. The Morgan fingerprint density at radius 2 is 1.22 bits per heavy atom. The maximum absolute atomic E-state index is 5.62. The van der Waals surface area contributed by atoms with Gasteiger partial charge in [0.15, 0.2) is 0 Å². The number of ether oxygens (including phenoxy) is 4. The van der Waals surface area contributed by atoms with Crippen LogP contribution in [0.5, 0.6) is 0 Å². The molecular weight excluding hydrogens is 340 g/mol. The monoisotopic (exact) mass is 372 g/mol. The average Bonchev–Trinajstić information content (AvgIpc) is 3.56. The molecule has 2 unspecified atom stereocenters. The Morgan fingerprint density at radius 3 is 1.67 bits per heavy atom. The van der Waals surface area contributed by atoms with Crippen molar-refractivity contribution in [3.8, 4) is 0 Å². The summed E-state index contributed by atoms with van der Waals surface area (Å²) in [5, 5.41) is 2.64. The number of fused-ring (bicyclic) bond motifs is 1. The number of epoxide rings is 2. The molecule has 2 heterocycles. The third-order valence-electron chi connectivity index (χ3n) is 4.89. The molecule has 2 fully saturated rings. The van der Waals surface area contributed by atoms with E-state index >= 15 is 0 Å². The third kappa shape index (κ3) is 6.89. The molecule has 2 aliphatic heterocycles. The maximum atomic E-state index is 5.62. The molecule has 0 N–H and O–H groups in total. The van der Waals surface area contributed by atoms with Crippen molar-refractivity contribution in [1.29, 1.82) is 0 Å². The molecule has 2 aromatic carbocycles. The van der Waals surface area contributed by atoms with Crippen molar-refractivity contribution in [3.63, 3.8) is 0 Å².